The van der Waals surface area contributed by atoms with Crippen LogP contribution in [0.25, 0.3) is 0 Å². The molecule has 0 aliphatic heterocycles. The Balaban J connectivity index is 1.76. The van der Waals surface area contributed by atoms with Crippen molar-refractivity contribution in [2.45, 2.75) is 13.8 Å². The monoisotopic (exact) mass is 312 g/mol. The van der Waals surface area contributed by atoms with E-state index in [2.05, 4.69) is 10.5 Å². The van der Waals surface area contributed by atoms with Gasteiger partial charge in [0.25, 0.3) is 5.91 Å². The van der Waals surface area contributed by atoms with Gasteiger partial charge in [-0.3, -0.25) is 4.79 Å². The first-order valence-electron chi connectivity index (χ1n) is 7.42. The predicted molar refractivity (Wildman–Crippen MR) is 91.0 cm³/mol. The number of anilines is 1. The van der Waals surface area contributed by atoms with Gasteiger partial charge in [0, 0.05) is 5.69 Å². The Kier molecular flexibility index (Phi) is 6.17. The van der Waals surface area contributed by atoms with Crippen LogP contribution in [0.2, 0.25) is 0 Å². The maximum atomic E-state index is 11.7. The zero-order valence-corrected chi connectivity index (χ0v) is 13.3. The fourth-order valence-electron chi connectivity index (χ4n) is 1.93. The second kappa shape index (κ2) is 8.58. The number of oxime groups is 1. The molecule has 0 saturated heterocycles. The summed E-state index contributed by atoms with van der Waals surface area (Å²) in [6.07, 6.45) is 1.55. The highest BCUT2D eigenvalue weighted by Crippen LogP contribution is 2.11. The molecule has 2 aromatic carbocycles. The summed E-state index contributed by atoms with van der Waals surface area (Å²) in [5, 5.41) is 6.54. The third-order valence-corrected chi connectivity index (χ3v) is 2.96. The maximum absolute atomic E-state index is 11.7. The number of nitrogens with one attached hydrogen (secondary N) is 1. The van der Waals surface area contributed by atoms with E-state index in [-0.39, 0.29) is 12.5 Å². The van der Waals surface area contributed by atoms with Crippen molar-refractivity contribution in [2.24, 2.45) is 5.16 Å². The number of carbonyl (C=O) groups excluding carboxylic acids is 1. The molecule has 120 valence electrons. The summed E-state index contributed by atoms with van der Waals surface area (Å²) in [6.45, 7) is 4.40. The molecular formula is C18H20N2O3. The summed E-state index contributed by atoms with van der Waals surface area (Å²) in [5.41, 5.74) is 2.69. The smallest absolute Gasteiger partial charge is 0.265 e. The quantitative estimate of drug-likeness (QED) is 0.630. The van der Waals surface area contributed by atoms with Crippen molar-refractivity contribution in [3.05, 3.63) is 59.7 Å². The van der Waals surface area contributed by atoms with Gasteiger partial charge in [-0.25, -0.2) is 0 Å². The van der Waals surface area contributed by atoms with Gasteiger partial charge in [0.05, 0.1) is 12.8 Å². The van der Waals surface area contributed by atoms with Gasteiger partial charge in [0.15, 0.2) is 6.61 Å². The van der Waals surface area contributed by atoms with Crippen LogP contribution >= 0.6 is 0 Å². The van der Waals surface area contributed by atoms with Gasteiger partial charge >= 0.3 is 0 Å². The largest absolute Gasteiger partial charge is 0.494 e. The van der Waals surface area contributed by atoms with E-state index in [1.54, 1.807) is 6.21 Å². The van der Waals surface area contributed by atoms with E-state index in [4.69, 9.17) is 9.57 Å². The molecule has 0 spiro atoms. The number of benzene rings is 2. The first kappa shape index (κ1) is 16.5. The van der Waals surface area contributed by atoms with E-state index < -0.39 is 0 Å². The summed E-state index contributed by atoms with van der Waals surface area (Å²) in [6, 6.07) is 15.0. The van der Waals surface area contributed by atoms with Crippen molar-refractivity contribution in [3.8, 4) is 5.75 Å². The Labute approximate surface area is 135 Å². The summed E-state index contributed by atoms with van der Waals surface area (Å²) < 4.78 is 5.35. The molecule has 2 aromatic rings. The molecule has 5 heteroatoms. The molecule has 0 aromatic heterocycles. The fourth-order valence-corrected chi connectivity index (χ4v) is 1.93. The van der Waals surface area contributed by atoms with Gasteiger partial charge in [-0.05, 0) is 61.4 Å². The van der Waals surface area contributed by atoms with Gasteiger partial charge in [-0.2, -0.15) is 0 Å². The van der Waals surface area contributed by atoms with Crippen LogP contribution < -0.4 is 10.1 Å². The van der Waals surface area contributed by atoms with Gasteiger partial charge in [0.2, 0.25) is 0 Å². The Hall–Kier alpha value is -2.82. The number of ether oxygens (including phenoxy) is 1. The summed E-state index contributed by atoms with van der Waals surface area (Å²) >= 11 is 0. The number of amides is 1. The first-order valence-corrected chi connectivity index (χ1v) is 7.42. The van der Waals surface area contributed by atoms with Crippen molar-refractivity contribution >= 4 is 17.8 Å². The van der Waals surface area contributed by atoms with Crippen molar-refractivity contribution < 1.29 is 14.4 Å². The lowest BCUT2D eigenvalue weighted by molar-refractivity contribution is -0.120. The molecule has 0 aliphatic carbocycles. The van der Waals surface area contributed by atoms with Gasteiger partial charge < -0.3 is 14.9 Å². The number of rotatable bonds is 7. The Bertz CT molecular complexity index is 666. The minimum Gasteiger partial charge on any atom is -0.494 e. The van der Waals surface area contributed by atoms with E-state index in [0.29, 0.717) is 6.61 Å². The number of carbonyl (C=O) groups is 1. The lowest BCUT2D eigenvalue weighted by Crippen LogP contribution is -2.16. The van der Waals surface area contributed by atoms with Crippen molar-refractivity contribution in [1.82, 2.24) is 0 Å². The molecule has 23 heavy (non-hydrogen) atoms. The normalized spacial score (nSPS) is 10.5. The highest BCUT2D eigenvalue weighted by atomic mass is 16.6. The summed E-state index contributed by atoms with van der Waals surface area (Å²) in [5.74, 6) is 0.558. The van der Waals surface area contributed by atoms with Crippen molar-refractivity contribution in [3.63, 3.8) is 0 Å². The van der Waals surface area contributed by atoms with E-state index in [0.717, 1.165) is 22.6 Å². The minimum absolute atomic E-state index is 0.137. The lowest BCUT2D eigenvalue weighted by Gasteiger charge is -2.05. The van der Waals surface area contributed by atoms with E-state index in [9.17, 15) is 4.79 Å². The van der Waals surface area contributed by atoms with Crippen LogP contribution in [0.4, 0.5) is 5.69 Å². The van der Waals surface area contributed by atoms with E-state index in [1.807, 2.05) is 62.4 Å². The standard InChI is InChI=1S/C18H20N2O3/c1-3-22-17-9-7-15(8-10-17)12-19-23-13-18(21)20-16-6-4-5-14(2)11-16/h4-12H,3,13H2,1-2H3,(H,20,21)/b19-12-. The molecule has 0 heterocycles. The Morgan fingerprint density at radius 1 is 1.22 bits per heavy atom. The predicted octanol–water partition coefficient (Wildman–Crippen LogP) is 3.38. The maximum Gasteiger partial charge on any atom is 0.265 e. The van der Waals surface area contributed by atoms with Crippen LogP contribution in [-0.2, 0) is 9.63 Å². The summed E-state index contributed by atoms with van der Waals surface area (Å²) in [4.78, 5) is 16.7. The van der Waals surface area contributed by atoms with Crippen LogP contribution in [0, 0.1) is 6.92 Å². The fraction of sp³-hybridized carbons (Fsp3) is 0.222. The second-order valence-electron chi connectivity index (χ2n) is 4.93. The molecule has 0 bridgehead atoms. The highest BCUT2D eigenvalue weighted by molar-refractivity contribution is 5.91. The van der Waals surface area contributed by atoms with Gasteiger partial charge in [-0.1, -0.05) is 17.3 Å². The molecule has 5 nitrogen and oxygen atoms in total. The average Bonchev–Trinajstić information content (AvgIpc) is 2.53. The molecule has 0 unspecified atom stereocenters. The van der Waals surface area contributed by atoms with Crippen LogP contribution in [0.3, 0.4) is 0 Å². The highest BCUT2D eigenvalue weighted by Gasteiger charge is 2.02. The number of nitrogens with zero attached hydrogens (tertiary/aromatic N) is 1. The van der Waals surface area contributed by atoms with E-state index >= 15 is 0 Å². The number of hydrogen-bond donors (Lipinski definition) is 1. The second-order valence-corrected chi connectivity index (χ2v) is 4.93. The minimum atomic E-state index is -0.251. The SMILES string of the molecule is CCOc1ccc(/C=N\OCC(=O)Nc2cccc(C)c2)cc1. The van der Waals surface area contributed by atoms with Crippen LogP contribution in [0.1, 0.15) is 18.1 Å². The van der Waals surface area contributed by atoms with Crippen LogP contribution in [-0.4, -0.2) is 25.3 Å². The molecule has 0 saturated carbocycles. The van der Waals surface area contributed by atoms with Crippen molar-refractivity contribution in [2.75, 3.05) is 18.5 Å². The zero-order valence-electron chi connectivity index (χ0n) is 13.3. The van der Waals surface area contributed by atoms with E-state index in [1.165, 1.54) is 0 Å². The molecular weight excluding hydrogens is 292 g/mol. The molecule has 1 N–H and O–H groups in total. The number of aryl methyl sites for hydroxylation is 1. The summed E-state index contributed by atoms with van der Waals surface area (Å²) in [7, 11) is 0. The molecule has 0 atom stereocenters. The topological polar surface area (TPSA) is 59.9 Å². The molecule has 0 aliphatic rings. The molecule has 1 amide bonds. The Morgan fingerprint density at radius 3 is 2.70 bits per heavy atom. The number of hydrogen-bond acceptors (Lipinski definition) is 4. The first-order chi connectivity index (χ1) is 11.2. The zero-order chi connectivity index (χ0) is 16.5. The average molecular weight is 312 g/mol. The Morgan fingerprint density at radius 2 is 2.00 bits per heavy atom. The van der Waals surface area contributed by atoms with Gasteiger partial charge in [-0.15, -0.1) is 0 Å². The lowest BCUT2D eigenvalue weighted by atomic mass is 10.2. The molecule has 0 fully saturated rings. The molecule has 0 radical (unpaired) electrons. The third kappa shape index (κ3) is 5.82. The van der Waals surface area contributed by atoms with Crippen LogP contribution in [0.15, 0.2) is 53.7 Å². The van der Waals surface area contributed by atoms with Gasteiger partial charge in [0.1, 0.15) is 5.75 Å². The van der Waals surface area contributed by atoms with Crippen molar-refractivity contribution in [1.29, 1.82) is 0 Å². The molecule has 2 rings (SSSR count). The van der Waals surface area contributed by atoms with Crippen LogP contribution in [0.5, 0.6) is 5.75 Å². The third-order valence-electron chi connectivity index (χ3n) is 2.96.